The first-order valence-corrected chi connectivity index (χ1v) is 16.8. The second-order valence-corrected chi connectivity index (χ2v) is 12.7. The van der Waals surface area contributed by atoms with Gasteiger partial charge in [0.1, 0.15) is 12.6 Å². The predicted octanol–water partition coefficient (Wildman–Crippen LogP) is 4.11. The fraction of sp³-hybridized carbons (Fsp3) is 0.378. The Labute approximate surface area is 289 Å². The molecule has 3 atom stereocenters. The van der Waals surface area contributed by atoms with Gasteiger partial charge in [0.05, 0.1) is 49.4 Å². The molecule has 13 heteroatoms. The number of benzene rings is 3. The van der Waals surface area contributed by atoms with Crippen LogP contribution in [0.15, 0.2) is 59.6 Å². The summed E-state index contributed by atoms with van der Waals surface area (Å²) in [4.78, 5) is 61.0. The van der Waals surface area contributed by atoms with Gasteiger partial charge in [0.25, 0.3) is 11.8 Å². The van der Waals surface area contributed by atoms with Crippen molar-refractivity contribution >= 4 is 41.2 Å². The SMILES string of the molecule is COc1cc2c(cc1OCCCC(=O)NC1C[C@H]3C(=O)Nc4cc(OCc5ccccc5)c(OC)cc4C(=O)N3C1)N=C[C@@H]1CCCN1C2=O. The zero-order valence-corrected chi connectivity index (χ0v) is 28.0. The van der Waals surface area contributed by atoms with Crippen molar-refractivity contribution in [3.63, 3.8) is 0 Å². The van der Waals surface area contributed by atoms with E-state index in [1.165, 1.54) is 19.1 Å². The van der Waals surface area contributed by atoms with Crippen LogP contribution in [0.5, 0.6) is 23.0 Å². The maximum absolute atomic E-state index is 13.7. The number of nitrogens with zero attached hydrogens (tertiary/aromatic N) is 3. The van der Waals surface area contributed by atoms with E-state index in [2.05, 4.69) is 15.6 Å². The van der Waals surface area contributed by atoms with E-state index in [1.807, 2.05) is 41.4 Å². The highest BCUT2D eigenvalue weighted by Gasteiger charge is 2.43. The molecule has 3 aromatic rings. The standard InChI is InChI=1S/C37H39N5O8/c1-47-30-15-25-27(38-19-24-10-6-12-41(24)36(25)45)17-32(30)49-13-7-11-34(43)39-23-14-29-35(44)40-28-18-33(50-21-22-8-4-3-5-9-22)31(48-2)16-26(28)37(46)42(29)20-23/h3-5,8-9,15-19,23-24,29H,6-7,10-14,20-21H2,1-2H3,(H,39,43)(H,40,44)/t23?,24-,29-/m0/s1. The Morgan fingerprint density at radius 2 is 1.66 bits per heavy atom. The van der Waals surface area contributed by atoms with Gasteiger partial charge in [0, 0.05) is 43.9 Å². The Kier molecular flexibility index (Phi) is 9.29. The number of amides is 4. The van der Waals surface area contributed by atoms with Crippen molar-refractivity contribution in [3.8, 4) is 23.0 Å². The summed E-state index contributed by atoms with van der Waals surface area (Å²) in [5, 5.41) is 5.86. The van der Waals surface area contributed by atoms with Gasteiger partial charge in [-0.25, -0.2) is 0 Å². The van der Waals surface area contributed by atoms with E-state index in [-0.39, 0.29) is 61.2 Å². The lowest BCUT2D eigenvalue weighted by Crippen LogP contribution is -2.41. The molecule has 0 aliphatic carbocycles. The molecule has 0 bridgehead atoms. The van der Waals surface area contributed by atoms with Gasteiger partial charge < -0.3 is 39.4 Å². The molecule has 2 N–H and O–H groups in total. The van der Waals surface area contributed by atoms with Gasteiger partial charge in [-0.15, -0.1) is 0 Å². The Hall–Kier alpha value is -5.59. The highest BCUT2D eigenvalue weighted by atomic mass is 16.5. The fourth-order valence-electron chi connectivity index (χ4n) is 6.97. The van der Waals surface area contributed by atoms with Crippen LogP contribution in [0.4, 0.5) is 11.4 Å². The largest absolute Gasteiger partial charge is 0.493 e. The molecule has 4 aliphatic rings. The molecule has 4 aliphatic heterocycles. The van der Waals surface area contributed by atoms with Crippen LogP contribution < -0.4 is 29.6 Å². The van der Waals surface area contributed by atoms with Gasteiger partial charge in [-0.05, 0) is 43.4 Å². The molecule has 0 radical (unpaired) electrons. The van der Waals surface area contributed by atoms with Crippen molar-refractivity contribution in [1.82, 2.24) is 15.1 Å². The lowest BCUT2D eigenvalue weighted by Gasteiger charge is -2.20. The lowest BCUT2D eigenvalue weighted by molar-refractivity contribution is -0.122. The molecule has 13 nitrogen and oxygen atoms in total. The minimum absolute atomic E-state index is 0.000614. The minimum atomic E-state index is -0.741. The lowest BCUT2D eigenvalue weighted by atomic mass is 10.1. The maximum atomic E-state index is 13.7. The molecule has 2 saturated heterocycles. The highest BCUT2D eigenvalue weighted by Crippen LogP contribution is 2.39. The number of aliphatic imine (C=N–C) groups is 1. The number of hydrogen-bond acceptors (Lipinski definition) is 9. The van der Waals surface area contributed by atoms with Crippen molar-refractivity contribution in [1.29, 1.82) is 0 Å². The highest BCUT2D eigenvalue weighted by molar-refractivity contribution is 6.11. The van der Waals surface area contributed by atoms with E-state index in [1.54, 1.807) is 24.3 Å². The fourth-order valence-corrected chi connectivity index (χ4v) is 6.97. The first-order valence-electron chi connectivity index (χ1n) is 16.8. The van der Waals surface area contributed by atoms with Crippen LogP contribution in [0.3, 0.4) is 0 Å². The molecule has 260 valence electrons. The van der Waals surface area contributed by atoms with E-state index in [0.717, 1.165) is 18.4 Å². The average Bonchev–Trinajstić information content (AvgIpc) is 3.74. The number of carbonyl (C=O) groups excluding carboxylic acids is 4. The summed E-state index contributed by atoms with van der Waals surface area (Å²) >= 11 is 0. The number of carbonyl (C=O) groups is 4. The third-order valence-corrected chi connectivity index (χ3v) is 9.52. The summed E-state index contributed by atoms with van der Waals surface area (Å²) in [5.74, 6) is 0.702. The van der Waals surface area contributed by atoms with E-state index >= 15 is 0 Å². The topological polar surface area (TPSA) is 148 Å². The van der Waals surface area contributed by atoms with Crippen LogP contribution in [0.2, 0.25) is 0 Å². The molecular weight excluding hydrogens is 642 g/mol. The van der Waals surface area contributed by atoms with Gasteiger partial charge in [-0.1, -0.05) is 30.3 Å². The van der Waals surface area contributed by atoms with Crippen LogP contribution in [0.25, 0.3) is 0 Å². The molecule has 7 rings (SSSR count). The van der Waals surface area contributed by atoms with Gasteiger partial charge in [-0.2, -0.15) is 0 Å². The molecular formula is C37H39N5O8. The summed E-state index contributed by atoms with van der Waals surface area (Å²) in [6.07, 6.45) is 4.53. The van der Waals surface area contributed by atoms with Crippen LogP contribution in [-0.2, 0) is 16.2 Å². The molecule has 1 unspecified atom stereocenters. The van der Waals surface area contributed by atoms with E-state index in [9.17, 15) is 19.2 Å². The van der Waals surface area contributed by atoms with E-state index < -0.39 is 12.1 Å². The van der Waals surface area contributed by atoms with Crippen molar-refractivity contribution < 1.29 is 38.1 Å². The Bertz CT molecular complexity index is 1850. The molecule has 2 fully saturated rings. The number of ether oxygens (including phenoxy) is 4. The molecule has 50 heavy (non-hydrogen) atoms. The third kappa shape index (κ3) is 6.55. The quantitative estimate of drug-likeness (QED) is 0.288. The van der Waals surface area contributed by atoms with Crippen LogP contribution in [-0.4, -0.2) is 91.7 Å². The van der Waals surface area contributed by atoms with E-state index in [4.69, 9.17) is 18.9 Å². The van der Waals surface area contributed by atoms with Gasteiger partial charge in [0.2, 0.25) is 11.8 Å². The normalized spacial score (nSPS) is 20.5. The number of anilines is 1. The van der Waals surface area contributed by atoms with E-state index in [0.29, 0.717) is 59.5 Å². The van der Waals surface area contributed by atoms with Gasteiger partial charge in [0.15, 0.2) is 23.0 Å². The first-order chi connectivity index (χ1) is 24.3. The Morgan fingerprint density at radius 3 is 2.44 bits per heavy atom. The molecule has 4 amide bonds. The van der Waals surface area contributed by atoms with Gasteiger partial charge in [-0.3, -0.25) is 24.2 Å². The molecule has 0 saturated carbocycles. The third-order valence-electron chi connectivity index (χ3n) is 9.52. The summed E-state index contributed by atoms with van der Waals surface area (Å²) in [7, 11) is 3.01. The summed E-state index contributed by atoms with van der Waals surface area (Å²) in [6, 6.07) is 15.1. The molecule has 4 heterocycles. The monoisotopic (exact) mass is 681 g/mol. The molecule has 0 aromatic heterocycles. The summed E-state index contributed by atoms with van der Waals surface area (Å²) in [5.41, 5.74) is 2.61. The Morgan fingerprint density at radius 1 is 0.920 bits per heavy atom. The van der Waals surface area contributed by atoms with Crippen molar-refractivity contribution in [2.45, 2.75) is 56.8 Å². The number of hydrogen-bond donors (Lipinski definition) is 2. The first kappa shape index (κ1) is 32.9. The smallest absolute Gasteiger partial charge is 0.256 e. The maximum Gasteiger partial charge on any atom is 0.256 e. The van der Waals surface area contributed by atoms with Crippen molar-refractivity contribution in [3.05, 3.63) is 71.3 Å². The predicted molar refractivity (Wildman–Crippen MR) is 184 cm³/mol. The average molecular weight is 682 g/mol. The van der Waals surface area contributed by atoms with Crippen LogP contribution >= 0.6 is 0 Å². The second kappa shape index (κ2) is 14.1. The number of nitrogens with one attached hydrogen (secondary N) is 2. The van der Waals surface area contributed by atoms with Crippen molar-refractivity contribution in [2.24, 2.45) is 4.99 Å². The van der Waals surface area contributed by atoms with Crippen LogP contribution in [0.1, 0.15) is 58.4 Å². The molecule has 0 spiro atoms. The molecule has 3 aromatic carbocycles. The zero-order chi connectivity index (χ0) is 34.8. The number of rotatable bonds is 11. The number of methoxy groups -OCH3 is 2. The number of fused-ring (bicyclic) bond motifs is 4. The minimum Gasteiger partial charge on any atom is -0.493 e. The van der Waals surface area contributed by atoms with Crippen molar-refractivity contribution in [2.75, 3.05) is 39.2 Å². The van der Waals surface area contributed by atoms with Crippen LogP contribution in [0, 0.1) is 0 Å². The van der Waals surface area contributed by atoms with Gasteiger partial charge >= 0.3 is 0 Å². The summed E-state index contributed by atoms with van der Waals surface area (Å²) < 4.78 is 23.0. The second-order valence-electron chi connectivity index (χ2n) is 12.7. The Balaban J connectivity index is 0.939. The summed E-state index contributed by atoms with van der Waals surface area (Å²) in [6.45, 7) is 1.41. The zero-order valence-electron chi connectivity index (χ0n) is 28.0.